The zero-order valence-electron chi connectivity index (χ0n) is 27.9. The van der Waals surface area contributed by atoms with Crippen LogP contribution in [0.5, 0.6) is 0 Å². The van der Waals surface area contributed by atoms with E-state index in [-0.39, 0.29) is 0 Å². The molecule has 1 aromatic heterocycles. The highest BCUT2D eigenvalue weighted by molar-refractivity contribution is 6.12. The predicted octanol–water partition coefficient (Wildman–Crippen LogP) is 12.6. The summed E-state index contributed by atoms with van der Waals surface area (Å²) in [5.74, 6) is 0. The van der Waals surface area contributed by atoms with Crippen LogP contribution in [0.25, 0.3) is 49.7 Å². The van der Waals surface area contributed by atoms with Crippen molar-refractivity contribution < 1.29 is 0 Å². The first kappa shape index (κ1) is 28.2. The Kier molecular flexibility index (Phi) is 5.91. The molecule has 1 aliphatic heterocycles. The Morgan fingerprint density at radius 1 is 0.373 bits per heavy atom. The van der Waals surface area contributed by atoms with Crippen molar-refractivity contribution in [2.45, 2.75) is 5.41 Å². The Morgan fingerprint density at radius 2 is 0.980 bits per heavy atom. The summed E-state index contributed by atoms with van der Waals surface area (Å²) in [7, 11) is 0. The molecule has 11 rings (SSSR count). The van der Waals surface area contributed by atoms with E-state index in [1.807, 2.05) is 0 Å². The Hall–Kier alpha value is -6.64. The second kappa shape index (κ2) is 10.7. The molecule has 1 aliphatic carbocycles. The molecule has 9 aromatic rings. The molecule has 0 saturated heterocycles. The SMILES string of the molecule is c1ccc(-c2cccc(N(c3ccccc3)c3ccc4c(c3)-c3ccccc3C43c4ccccc4-n4c5ccccc5c5cccc3c54)c2)cc1. The monoisotopic (exact) mass is 648 g/mol. The minimum absolute atomic E-state index is 0.463. The van der Waals surface area contributed by atoms with Crippen LogP contribution >= 0.6 is 0 Å². The van der Waals surface area contributed by atoms with E-state index >= 15 is 0 Å². The molecule has 1 spiro atoms. The summed E-state index contributed by atoms with van der Waals surface area (Å²) in [6.07, 6.45) is 0. The average Bonchev–Trinajstić information content (AvgIpc) is 3.69. The van der Waals surface area contributed by atoms with Crippen molar-refractivity contribution in [1.82, 2.24) is 4.57 Å². The van der Waals surface area contributed by atoms with Gasteiger partial charge >= 0.3 is 0 Å². The fraction of sp³-hybridized carbons (Fsp3) is 0.0204. The van der Waals surface area contributed by atoms with Gasteiger partial charge in [0.1, 0.15) is 0 Å². The normalized spacial score (nSPS) is 15.1. The van der Waals surface area contributed by atoms with E-state index < -0.39 is 5.41 Å². The van der Waals surface area contributed by atoms with Crippen molar-refractivity contribution in [2.75, 3.05) is 4.90 Å². The van der Waals surface area contributed by atoms with E-state index in [1.165, 1.54) is 72.0 Å². The van der Waals surface area contributed by atoms with E-state index in [2.05, 4.69) is 204 Å². The summed E-state index contributed by atoms with van der Waals surface area (Å²) in [5.41, 5.74) is 17.0. The largest absolute Gasteiger partial charge is 0.310 e. The van der Waals surface area contributed by atoms with Crippen LogP contribution in [0, 0.1) is 0 Å². The fourth-order valence-electron chi connectivity index (χ4n) is 9.17. The molecule has 51 heavy (non-hydrogen) atoms. The lowest BCUT2D eigenvalue weighted by Gasteiger charge is -2.39. The van der Waals surface area contributed by atoms with Gasteiger partial charge in [0.15, 0.2) is 0 Å². The Bertz CT molecular complexity index is 2810. The van der Waals surface area contributed by atoms with Crippen LogP contribution in [0.1, 0.15) is 22.3 Å². The van der Waals surface area contributed by atoms with Crippen LogP contribution in [0.2, 0.25) is 0 Å². The number of para-hydroxylation sites is 4. The summed E-state index contributed by atoms with van der Waals surface area (Å²) in [4.78, 5) is 2.40. The number of aromatic nitrogens is 1. The molecule has 238 valence electrons. The van der Waals surface area contributed by atoms with Gasteiger partial charge in [-0.15, -0.1) is 0 Å². The van der Waals surface area contributed by atoms with Crippen molar-refractivity contribution in [3.05, 3.63) is 216 Å². The molecule has 0 fully saturated rings. The van der Waals surface area contributed by atoms with E-state index in [0.29, 0.717) is 0 Å². The van der Waals surface area contributed by atoms with Gasteiger partial charge in [0.25, 0.3) is 0 Å². The van der Waals surface area contributed by atoms with Crippen molar-refractivity contribution in [3.63, 3.8) is 0 Å². The summed E-state index contributed by atoms with van der Waals surface area (Å²) >= 11 is 0. The van der Waals surface area contributed by atoms with Crippen LogP contribution in [-0.4, -0.2) is 4.57 Å². The third-order valence-electron chi connectivity index (χ3n) is 11.2. The number of rotatable bonds is 4. The van der Waals surface area contributed by atoms with Gasteiger partial charge in [-0.1, -0.05) is 146 Å². The molecule has 2 heterocycles. The van der Waals surface area contributed by atoms with E-state index in [1.54, 1.807) is 0 Å². The predicted molar refractivity (Wildman–Crippen MR) is 212 cm³/mol. The quantitative estimate of drug-likeness (QED) is 0.184. The molecule has 0 N–H and O–H groups in total. The first-order chi connectivity index (χ1) is 25.3. The maximum Gasteiger partial charge on any atom is 0.0754 e. The number of hydrogen-bond acceptors (Lipinski definition) is 1. The first-order valence-electron chi connectivity index (χ1n) is 17.7. The molecule has 1 unspecified atom stereocenters. The molecule has 0 radical (unpaired) electrons. The molecule has 1 atom stereocenters. The second-order valence-electron chi connectivity index (χ2n) is 13.7. The highest BCUT2D eigenvalue weighted by atomic mass is 15.1. The van der Waals surface area contributed by atoms with Crippen LogP contribution in [0.4, 0.5) is 17.1 Å². The standard InChI is InChI=1S/C49H32N2/c1-3-15-33(16-4-1)34-17-13-20-36(31-34)50(35-18-5-2-6-19-35)37-29-30-43-41(32-37)38-21-7-9-24-42(38)49(43)44-25-10-12-28-47(44)51-46-27-11-8-22-39(46)40-23-14-26-45(49)48(40)51/h1-32H. The van der Waals surface area contributed by atoms with Crippen molar-refractivity contribution >= 4 is 38.9 Å². The topological polar surface area (TPSA) is 8.17 Å². The molecule has 2 aliphatic rings. The number of fused-ring (bicyclic) bond motifs is 12. The number of anilines is 3. The third-order valence-corrected chi connectivity index (χ3v) is 11.2. The summed E-state index contributed by atoms with van der Waals surface area (Å²) in [6, 6.07) is 71.4. The van der Waals surface area contributed by atoms with Crippen LogP contribution in [0.3, 0.4) is 0 Å². The number of hydrogen-bond donors (Lipinski definition) is 0. The average molecular weight is 649 g/mol. The number of benzene rings is 8. The highest BCUT2D eigenvalue weighted by Gasteiger charge is 2.50. The van der Waals surface area contributed by atoms with Gasteiger partial charge < -0.3 is 9.47 Å². The van der Waals surface area contributed by atoms with Gasteiger partial charge in [0.2, 0.25) is 0 Å². The molecule has 0 amide bonds. The van der Waals surface area contributed by atoms with Gasteiger partial charge in [-0.05, 0) is 93.0 Å². The highest BCUT2D eigenvalue weighted by Crippen LogP contribution is 2.61. The lowest BCUT2D eigenvalue weighted by molar-refractivity contribution is 0.748. The number of nitrogens with zero attached hydrogens (tertiary/aromatic N) is 2. The molecule has 0 saturated carbocycles. The van der Waals surface area contributed by atoms with Crippen LogP contribution < -0.4 is 4.90 Å². The zero-order valence-corrected chi connectivity index (χ0v) is 27.9. The summed E-state index contributed by atoms with van der Waals surface area (Å²) in [6.45, 7) is 0. The summed E-state index contributed by atoms with van der Waals surface area (Å²) in [5, 5.41) is 2.59. The van der Waals surface area contributed by atoms with Gasteiger partial charge in [-0.2, -0.15) is 0 Å². The maximum atomic E-state index is 2.51. The van der Waals surface area contributed by atoms with Crippen LogP contribution in [0.15, 0.2) is 194 Å². The fourth-order valence-corrected chi connectivity index (χ4v) is 9.17. The smallest absolute Gasteiger partial charge is 0.0754 e. The Labute approximate surface area is 297 Å². The molecule has 0 bridgehead atoms. The lowest BCUT2D eigenvalue weighted by atomic mass is 9.65. The molecule has 8 aromatic carbocycles. The maximum absolute atomic E-state index is 2.51. The van der Waals surface area contributed by atoms with Gasteiger partial charge in [-0.25, -0.2) is 0 Å². The minimum atomic E-state index is -0.463. The Morgan fingerprint density at radius 3 is 1.86 bits per heavy atom. The van der Waals surface area contributed by atoms with E-state index in [9.17, 15) is 0 Å². The first-order valence-corrected chi connectivity index (χ1v) is 17.7. The van der Waals surface area contributed by atoms with E-state index in [4.69, 9.17) is 0 Å². The van der Waals surface area contributed by atoms with Crippen molar-refractivity contribution in [2.24, 2.45) is 0 Å². The zero-order chi connectivity index (χ0) is 33.5. The second-order valence-corrected chi connectivity index (χ2v) is 13.7. The lowest BCUT2D eigenvalue weighted by Crippen LogP contribution is -2.33. The molecular formula is C49H32N2. The summed E-state index contributed by atoms with van der Waals surface area (Å²) < 4.78 is 2.51. The van der Waals surface area contributed by atoms with Gasteiger partial charge in [0.05, 0.1) is 22.1 Å². The van der Waals surface area contributed by atoms with Crippen LogP contribution in [-0.2, 0) is 5.41 Å². The third kappa shape index (κ3) is 3.82. The molecular weight excluding hydrogens is 617 g/mol. The molecule has 2 heteroatoms. The minimum Gasteiger partial charge on any atom is -0.310 e. The van der Waals surface area contributed by atoms with Gasteiger partial charge in [-0.3, -0.25) is 0 Å². The van der Waals surface area contributed by atoms with E-state index in [0.717, 1.165) is 17.1 Å². The van der Waals surface area contributed by atoms with Crippen molar-refractivity contribution in [1.29, 1.82) is 0 Å². The van der Waals surface area contributed by atoms with Crippen molar-refractivity contribution in [3.8, 4) is 27.9 Å². The van der Waals surface area contributed by atoms with Gasteiger partial charge in [0, 0.05) is 27.8 Å². The Balaban J connectivity index is 1.19. The molecule has 2 nitrogen and oxygen atoms in total.